The van der Waals surface area contributed by atoms with Gasteiger partial charge in [0.2, 0.25) is 0 Å². The highest BCUT2D eigenvalue weighted by Gasteiger charge is 2.01. The van der Waals surface area contributed by atoms with Crippen molar-refractivity contribution >= 4 is 17.0 Å². The summed E-state index contributed by atoms with van der Waals surface area (Å²) in [6.45, 7) is 4.82. The zero-order valence-electron chi connectivity index (χ0n) is 10.3. The van der Waals surface area contributed by atoms with E-state index in [0.717, 1.165) is 34.2 Å². The number of benzene rings is 1. The Balaban J connectivity index is 2.02. The molecule has 0 radical (unpaired) electrons. The van der Waals surface area contributed by atoms with Crippen molar-refractivity contribution in [1.82, 2.24) is 4.98 Å². The van der Waals surface area contributed by atoms with Gasteiger partial charge in [0.25, 0.3) is 0 Å². The molecule has 3 nitrogen and oxygen atoms in total. The predicted octanol–water partition coefficient (Wildman–Crippen LogP) is 3.38. The number of methoxy groups -OCH3 is 1. The number of hydrogen-bond donors (Lipinski definition) is 1. The number of thiazole rings is 1. The molecule has 0 saturated heterocycles. The number of ether oxygens (including phenoxy) is 1. The van der Waals surface area contributed by atoms with Gasteiger partial charge in [0.15, 0.2) is 0 Å². The Kier molecular flexibility index (Phi) is 3.64. The van der Waals surface area contributed by atoms with Gasteiger partial charge in [-0.05, 0) is 37.6 Å². The first kappa shape index (κ1) is 11.9. The van der Waals surface area contributed by atoms with Crippen molar-refractivity contribution < 1.29 is 4.74 Å². The first-order valence-electron chi connectivity index (χ1n) is 5.48. The Morgan fingerprint density at radius 2 is 2.18 bits per heavy atom. The zero-order chi connectivity index (χ0) is 12.3. The fraction of sp³-hybridized carbons (Fsp3) is 0.308. The molecule has 1 aromatic carbocycles. The van der Waals surface area contributed by atoms with Gasteiger partial charge in [-0.25, -0.2) is 4.98 Å². The Morgan fingerprint density at radius 1 is 1.35 bits per heavy atom. The summed E-state index contributed by atoms with van der Waals surface area (Å²) in [5.74, 6) is 0.917. The molecule has 0 spiro atoms. The van der Waals surface area contributed by atoms with Gasteiger partial charge in [-0.2, -0.15) is 0 Å². The van der Waals surface area contributed by atoms with Gasteiger partial charge in [0.05, 0.1) is 13.7 Å². The summed E-state index contributed by atoms with van der Waals surface area (Å²) in [4.78, 5) is 4.41. The smallest absolute Gasteiger partial charge is 0.121 e. The van der Waals surface area contributed by atoms with Crippen molar-refractivity contribution in [2.45, 2.75) is 20.4 Å². The van der Waals surface area contributed by atoms with E-state index in [4.69, 9.17) is 4.74 Å². The summed E-state index contributed by atoms with van der Waals surface area (Å²) in [7, 11) is 1.69. The normalized spacial score (nSPS) is 10.3. The number of aromatic nitrogens is 1. The lowest BCUT2D eigenvalue weighted by Gasteiger charge is -2.08. The van der Waals surface area contributed by atoms with Crippen LogP contribution in [-0.2, 0) is 6.54 Å². The van der Waals surface area contributed by atoms with E-state index < -0.39 is 0 Å². The van der Waals surface area contributed by atoms with Gasteiger partial charge in [0, 0.05) is 16.8 Å². The molecule has 0 bridgehead atoms. The third kappa shape index (κ3) is 2.97. The first-order valence-corrected chi connectivity index (χ1v) is 6.36. The van der Waals surface area contributed by atoms with Crippen molar-refractivity contribution in [1.29, 1.82) is 0 Å². The van der Waals surface area contributed by atoms with Crippen molar-refractivity contribution in [3.63, 3.8) is 0 Å². The third-order valence-electron chi connectivity index (χ3n) is 2.51. The molecule has 4 heteroatoms. The van der Waals surface area contributed by atoms with E-state index in [1.54, 1.807) is 18.4 Å². The Bertz CT molecular complexity index is 508. The van der Waals surface area contributed by atoms with E-state index in [1.165, 1.54) is 0 Å². The van der Waals surface area contributed by atoms with E-state index >= 15 is 0 Å². The maximum atomic E-state index is 5.23. The molecule has 90 valence electrons. The molecular formula is C13H16N2OS. The number of anilines is 1. The van der Waals surface area contributed by atoms with Crippen molar-refractivity contribution in [3.05, 3.63) is 39.8 Å². The topological polar surface area (TPSA) is 34.1 Å². The largest absolute Gasteiger partial charge is 0.496 e. The van der Waals surface area contributed by atoms with E-state index in [1.807, 2.05) is 26.0 Å². The van der Waals surface area contributed by atoms with Crippen LogP contribution in [0, 0.1) is 13.8 Å². The number of nitrogens with zero attached hydrogens (tertiary/aromatic N) is 1. The van der Waals surface area contributed by atoms with Crippen molar-refractivity contribution in [2.24, 2.45) is 0 Å². The summed E-state index contributed by atoms with van der Waals surface area (Å²) in [6, 6.07) is 6.08. The molecule has 0 amide bonds. The highest BCUT2D eigenvalue weighted by atomic mass is 32.1. The maximum absolute atomic E-state index is 5.23. The Hall–Kier alpha value is -1.55. The zero-order valence-corrected chi connectivity index (χ0v) is 11.1. The molecule has 1 heterocycles. The van der Waals surface area contributed by atoms with Gasteiger partial charge in [-0.1, -0.05) is 0 Å². The number of hydrogen-bond acceptors (Lipinski definition) is 4. The number of nitrogens with one attached hydrogen (secondary N) is 1. The molecule has 2 rings (SSSR count). The minimum absolute atomic E-state index is 0.768. The molecule has 0 aliphatic rings. The molecule has 0 saturated carbocycles. The van der Waals surface area contributed by atoms with Crippen LogP contribution in [0.3, 0.4) is 0 Å². The molecule has 2 aromatic rings. The molecule has 0 fully saturated rings. The quantitative estimate of drug-likeness (QED) is 0.900. The van der Waals surface area contributed by atoms with Gasteiger partial charge in [0.1, 0.15) is 10.8 Å². The second-order valence-corrected chi connectivity index (χ2v) is 4.86. The molecule has 0 unspecified atom stereocenters. The SMILES string of the molecule is COc1ccc(NCc2nc(C)cs2)cc1C. The van der Waals surface area contributed by atoms with Crippen LogP contribution in [0.5, 0.6) is 5.75 Å². The highest BCUT2D eigenvalue weighted by molar-refractivity contribution is 7.09. The molecular weight excluding hydrogens is 232 g/mol. The molecule has 1 aromatic heterocycles. The molecule has 0 atom stereocenters. The molecule has 17 heavy (non-hydrogen) atoms. The van der Waals surface area contributed by atoms with Crippen LogP contribution in [0.2, 0.25) is 0 Å². The minimum Gasteiger partial charge on any atom is -0.496 e. The van der Waals surface area contributed by atoms with Crippen LogP contribution < -0.4 is 10.1 Å². The van der Waals surface area contributed by atoms with Crippen molar-refractivity contribution in [3.8, 4) is 5.75 Å². The Morgan fingerprint density at radius 3 is 2.76 bits per heavy atom. The van der Waals surface area contributed by atoms with Crippen LogP contribution in [-0.4, -0.2) is 12.1 Å². The fourth-order valence-electron chi connectivity index (χ4n) is 1.65. The van der Waals surface area contributed by atoms with E-state index in [9.17, 15) is 0 Å². The second-order valence-electron chi connectivity index (χ2n) is 3.92. The third-order valence-corrected chi connectivity index (χ3v) is 3.47. The highest BCUT2D eigenvalue weighted by Crippen LogP contribution is 2.22. The number of rotatable bonds is 4. The number of aryl methyl sites for hydroxylation is 2. The Labute approximate surface area is 105 Å². The fourth-order valence-corrected chi connectivity index (χ4v) is 2.36. The van der Waals surface area contributed by atoms with Crippen LogP contribution in [0.4, 0.5) is 5.69 Å². The molecule has 0 aliphatic heterocycles. The van der Waals surface area contributed by atoms with Gasteiger partial charge in [-0.3, -0.25) is 0 Å². The predicted molar refractivity (Wildman–Crippen MR) is 71.9 cm³/mol. The van der Waals surface area contributed by atoms with E-state index in [2.05, 4.69) is 21.7 Å². The van der Waals surface area contributed by atoms with Crippen LogP contribution in [0.15, 0.2) is 23.6 Å². The maximum Gasteiger partial charge on any atom is 0.121 e. The summed E-state index contributed by atoms with van der Waals surface area (Å²) in [5, 5.41) is 6.53. The lowest BCUT2D eigenvalue weighted by atomic mass is 10.2. The lowest BCUT2D eigenvalue weighted by Crippen LogP contribution is -1.99. The van der Waals surface area contributed by atoms with E-state index in [-0.39, 0.29) is 0 Å². The summed E-state index contributed by atoms with van der Waals surface area (Å²) < 4.78 is 5.23. The summed E-state index contributed by atoms with van der Waals surface area (Å²) >= 11 is 1.68. The monoisotopic (exact) mass is 248 g/mol. The molecule has 0 aliphatic carbocycles. The second kappa shape index (κ2) is 5.19. The summed E-state index contributed by atoms with van der Waals surface area (Å²) in [5.41, 5.74) is 3.31. The van der Waals surface area contributed by atoms with Crippen molar-refractivity contribution in [2.75, 3.05) is 12.4 Å². The van der Waals surface area contributed by atoms with Gasteiger partial charge < -0.3 is 10.1 Å². The molecule has 1 N–H and O–H groups in total. The van der Waals surface area contributed by atoms with Crippen LogP contribution in [0.25, 0.3) is 0 Å². The van der Waals surface area contributed by atoms with Crippen LogP contribution in [0.1, 0.15) is 16.3 Å². The lowest BCUT2D eigenvalue weighted by molar-refractivity contribution is 0.412. The average molecular weight is 248 g/mol. The van der Waals surface area contributed by atoms with Gasteiger partial charge in [-0.15, -0.1) is 11.3 Å². The average Bonchev–Trinajstić information content (AvgIpc) is 2.73. The summed E-state index contributed by atoms with van der Waals surface area (Å²) in [6.07, 6.45) is 0. The minimum atomic E-state index is 0.768. The standard InChI is InChI=1S/C13H16N2OS/c1-9-6-11(4-5-12(9)16-3)14-7-13-15-10(2)8-17-13/h4-6,8,14H,7H2,1-3H3. The first-order chi connectivity index (χ1) is 8.19. The van der Waals surface area contributed by atoms with E-state index in [0.29, 0.717) is 0 Å². The van der Waals surface area contributed by atoms with Crippen LogP contribution >= 0.6 is 11.3 Å². The van der Waals surface area contributed by atoms with Gasteiger partial charge >= 0.3 is 0 Å².